The molecule has 0 radical (unpaired) electrons. The fourth-order valence-corrected chi connectivity index (χ4v) is 1.46. The SMILES string of the molecule is C=C(C)CC[C@H](O)C(CC)CC. The maximum absolute atomic E-state index is 9.72. The highest BCUT2D eigenvalue weighted by atomic mass is 16.3. The normalized spacial score (nSPS) is 13.4. The lowest BCUT2D eigenvalue weighted by Crippen LogP contribution is -2.18. The molecule has 0 aliphatic rings. The van der Waals surface area contributed by atoms with Crippen molar-refractivity contribution in [3.8, 4) is 0 Å². The van der Waals surface area contributed by atoms with Gasteiger partial charge in [0, 0.05) is 0 Å². The number of hydrogen-bond acceptors (Lipinski definition) is 1. The highest BCUT2D eigenvalue weighted by Gasteiger charge is 2.14. The molecule has 0 aliphatic heterocycles. The van der Waals surface area contributed by atoms with Crippen molar-refractivity contribution in [2.45, 2.75) is 52.6 Å². The Morgan fingerprint density at radius 2 is 1.83 bits per heavy atom. The Kier molecular flexibility index (Phi) is 6.09. The van der Waals surface area contributed by atoms with Gasteiger partial charge in [-0.3, -0.25) is 0 Å². The molecular weight excluding hydrogens is 148 g/mol. The van der Waals surface area contributed by atoms with Crippen LogP contribution in [-0.4, -0.2) is 11.2 Å². The Hall–Kier alpha value is -0.300. The van der Waals surface area contributed by atoms with Gasteiger partial charge in [0.2, 0.25) is 0 Å². The van der Waals surface area contributed by atoms with Gasteiger partial charge in [-0.05, 0) is 25.7 Å². The van der Waals surface area contributed by atoms with Gasteiger partial charge in [0.25, 0.3) is 0 Å². The van der Waals surface area contributed by atoms with Crippen molar-refractivity contribution in [1.29, 1.82) is 0 Å². The second-order valence-corrected chi connectivity index (χ2v) is 3.64. The molecule has 0 spiro atoms. The van der Waals surface area contributed by atoms with Crippen LogP contribution in [0.2, 0.25) is 0 Å². The third-order valence-electron chi connectivity index (χ3n) is 2.46. The van der Waals surface area contributed by atoms with E-state index in [1.807, 2.05) is 6.92 Å². The van der Waals surface area contributed by atoms with Crippen LogP contribution in [0, 0.1) is 5.92 Å². The molecule has 0 unspecified atom stereocenters. The van der Waals surface area contributed by atoms with Crippen molar-refractivity contribution < 1.29 is 5.11 Å². The van der Waals surface area contributed by atoms with Gasteiger partial charge in [0.1, 0.15) is 0 Å². The summed E-state index contributed by atoms with van der Waals surface area (Å²) in [5.74, 6) is 0.476. The lowest BCUT2D eigenvalue weighted by atomic mass is 9.92. The molecule has 0 fully saturated rings. The molecule has 12 heavy (non-hydrogen) atoms. The van der Waals surface area contributed by atoms with E-state index in [0.717, 1.165) is 25.7 Å². The largest absolute Gasteiger partial charge is 0.393 e. The van der Waals surface area contributed by atoms with Gasteiger partial charge < -0.3 is 5.11 Å². The molecular formula is C11H22O. The van der Waals surface area contributed by atoms with Crippen LogP contribution in [0.4, 0.5) is 0 Å². The molecule has 0 rings (SSSR count). The fraction of sp³-hybridized carbons (Fsp3) is 0.818. The van der Waals surface area contributed by atoms with E-state index < -0.39 is 0 Å². The minimum Gasteiger partial charge on any atom is -0.393 e. The molecule has 0 amide bonds. The number of aliphatic hydroxyl groups excluding tert-OH is 1. The van der Waals surface area contributed by atoms with Gasteiger partial charge in [-0.1, -0.05) is 32.3 Å². The average Bonchev–Trinajstić information content (AvgIpc) is 2.03. The number of hydrogen-bond donors (Lipinski definition) is 1. The van der Waals surface area contributed by atoms with Crippen molar-refractivity contribution in [2.24, 2.45) is 5.92 Å². The first-order valence-corrected chi connectivity index (χ1v) is 4.94. The van der Waals surface area contributed by atoms with Gasteiger partial charge >= 0.3 is 0 Å². The maximum Gasteiger partial charge on any atom is 0.0571 e. The molecule has 1 nitrogen and oxygen atoms in total. The molecule has 1 atom stereocenters. The summed E-state index contributed by atoms with van der Waals surface area (Å²) in [6.07, 6.45) is 3.86. The van der Waals surface area contributed by atoms with Crippen LogP contribution in [0.1, 0.15) is 46.5 Å². The summed E-state index contributed by atoms with van der Waals surface area (Å²) in [5, 5.41) is 9.72. The number of rotatable bonds is 6. The molecule has 0 saturated carbocycles. The minimum absolute atomic E-state index is 0.128. The monoisotopic (exact) mass is 170 g/mol. The molecule has 0 bridgehead atoms. The fourth-order valence-electron chi connectivity index (χ4n) is 1.46. The Balaban J connectivity index is 3.68. The Morgan fingerprint density at radius 3 is 2.17 bits per heavy atom. The van der Waals surface area contributed by atoms with Crippen molar-refractivity contribution in [2.75, 3.05) is 0 Å². The summed E-state index contributed by atoms with van der Waals surface area (Å²) in [7, 11) is 0. The lowest BCUT2D eigenvalue weighted by molar-refractivity contribution is 0.0945. The predicted octanol–water partition coefficient (Wildman–Crippen LogP) is 3.14. The summed E-state index contributed by atoms with van der Waals surface area (Å²) in [5.41, 5.74) is 1.17. The highest BCUT2D eigenvalue weighted by Crippen LogP contribution is 2.18. The number of allylic oxidation sites excluding steroid dienone is 1. The van der Waals surface area contributed by atoms with Crippen molar-refractivity contribution in [3.05, 3.63) is 12.2 Å². The van der Waals surface area contributed by atoms with E-state index in [-0.39, 0.29) is 6.10 Å². The van der Waals surface area contributed by atoms with E-state index in [4.69, 9.17) is 0 Å². The van der Waals surface area contributed by atoms with Gasteiger partial charge in [0.15, 0.2) is 0 Å². The third kappa shape index (κ3) is 4.55. The van der Waals surface area contributed by atoms with E-state index in [9.17, 15) is 5.11 Å². The van der Waals surface area contributed by atoms with Crippen LogP contribution in [0.5, 0.6) is 0 Å². The standard InChI is InChI=1S/C11H22O/c1-5-10(6-2)11(12)8-7-9(3)4/h10-12H,3,5-8H2,1-2,4H3/t11-/m0/s1. The second kappa shape index (κ2) is 6.24. The van der Waals surface area contributed by atoms with Gasteiger partial charge in [-0.2, -0.15) is 0 Å². The molecule has 0 aromatic rings. The molecule has 0 aliphatic carbocycles. The number of aliphatic hydroxyl groups is 1. The summed E-state index contributed by atoms with van der Waals surface area (Å²) in [6, 6.07) is 0. The zero-order valence-corrected chi connectivity index (χ0v) is 8.64. The molecule has 0 aromatic heterocycles. The predicted molar refractivity (Wildman–Crippen MR) is 54.1 cm³/mol. The molecule has 0 heterocycles. The topological polar surface area (TPSA) is 20.2 Å². The maximum atomic E-state index is 9.72. The van der Waals surface area contributed by atoms with Crippen LogP contribution >= 0.6 is 0 Å². The van der Waals surface area contributed by atoms with Crippen LogP contribution < -0.4 is 0 Å². The quantitative estimate of drug-likeness (QED) is 0.607. The van der Waals surface area contributed by atoms with Crippen molar-refractivity contribution >= 4 is 0 Å². The first-order chi connectivity index (χ1) is 5.61. The molecule has 72 valence electrons. The summed E-state index contributed by atoms with van der Waals surface area (Å²) >= 11 is 0. The summed E-state index contributed by atoms with van der Waals surface area (Å²) in [6.45, 7) is 10.1. The van der Waals surface area contributed by atoms with Gasteiger partial charge in [-0.15, -0.1) is 6.58 Å². The lowest BCUT2D eigenvalue weighted by Gasteiger charge is -2.19. The Morgan fingerprint density at radius 1 is 1.33 bits per heavy atom. The van der Waals surface area contributed by atoms with Crippen LogP contribution in [-0.2, 0) is 0 Å². The highest BCUT2D eigenvalue weighted by molar-refractivity contribution is 4.88. The van der Waals surface area contributed by atoms with E-state index in [0.29, 0.717) is 5.92 Å². The smallest absolute Gasteiger partial charge is 0.0571 e. The van der Waals surface area contributed by atoms with Gasteiger partial charge in [-0.25, -0.2) is 0 Å². The zero-order valence-electron chi connectivity index (χ0n) is 8.64. The molecule has 0 aromatic carbocycles. The van der Waals surface area contributed by atoms with Crippen LogP contribution in [0.25, 0.3) is 0 Å². The van der Waals surface area contributed by atoms with E-state index in [1.54, 1.807) is 0 Å². The Bertz CT molecular complexity index is 125. The van der Waals surface area contributed by atoms with Crippen LogP contribution in [0.3, 0.4) is 0 Å². The summed E-state index contributed by atoms with van der Waals surface area (Å²) < 4.78 is 0. The van der Waals surface area contributed by atoms with E-state index in [1.165, 1.54) is 5.57 Å². The first-order valence-electron chi connectivity index (χ1n) is 4.94. The van der Waals surface area contributed by atoms with E-state index in [2.05, 4.69) is 20.4 Å². The second-order valence-electron chi connectivity index (χ2n) is 3.64. The van der Waals surface area contributed by atoms with Crippen molar-refractivity contribution in [1.82, 2.24) is 0 Å². The molecule has 0 saturated heterocycles. The van der Waals surface area contributed by atoms with E-state index >= 15 is 0 Å². The van der Waals surface area contributed by atoms with Crippen molar-refractivity contribution in [3.63, 3.8) is 0 Å². The molecule has 1 heteroatoms. The third-order valence-corrected chi connectivity index (χ3v) is 2.46. The summed E-state index contributed by atoms with van der Waals surface area (Å²) in [4.78, 5) is 0. The Labute approximate surface area is 76.5 Å². The van der Waals surface area contributed by atoms with Crippen LogP contribution in [0.15, 0.2) is 12.2 Å². The first kappa shape index (κ1) is 11.7. The average molecular weight is 170 g/mol. The van der Waals surface area contributed by atoms with Gasteiger partial charge in [0.05, 0.1) is 6.10 Å². The molecule has 1 N–H and O–H groups in total. The minimum atomic E-state index is -0.128. The zero-order chi connectivity index (χ0) is 9.56.